The van der Waals surface area contributed by atoms with Crippen molar-refractivity contribution in [1.29, 1.82) is 0 Å². The largest absolute Gasteiger partial charge is 0.359 e. The minimum atomic E-state index is -0.00163. The molecule has 3 rings (SSSR count). The van der Waals surface area contributed by atoms with E-state index in [0.29, 0.717) is 12.3 Å². The summed E-state index contributed by atoms with van der Waals surface area (Å²) in [6.07, 6.45) is 0.354. The first kappa shape index (κ1) is 16.1. The monoisotopic (exact) mass is 330 g/mol. The number of likely N-dealkylation sites (N-methyl/N-ethyl adjacent to an activating group) is 1. The lowest BCUT2D eigenvalue weighted by molar-refractivity contribution is -0.119. The molecule has 1 aliphatic rings. The Morgan fingerprint density at radius 1 is 1.39 bits per heavy atom. The summed E-state index contributed by atoms with van der Waals surface area (Å²) in [5.74, 6) is 0.374. The highest BCUT2D eigenvalue weighted by atomic mass is 32.1. The summed E-state index contributed by atoms with van der Waals surface area (Å²) >= 11 is 1.54. The van der Waals surface area contributed by atoms with Gasteiger partial charge in [-0.25, -0.2) is 4.98 Å². The SMILES string of the molecule is CNC(=O)Cc1nc(CN2C[C@@H](N)[C@H](c3ccccc3)C2)cs1. The fourth-order valence-electron chi connectivity index (χ4n) is 3.05. The predicted molar refractivity (Wildman–Crippen MR) is 92.3 cm³/mol. The van der Waals surface area contributed by atoms with Crippen LogP contribution in [-0.4, -0.2) is 42.0 Å². The molecule has 1 aliphatic heterocycles. The van der Waals surface area contributed by atoms with E-state index in [1.807, 2.05) is 11.4 Å². The first-order chi connectivity index (χ1) is 11.2. The highest BCUT2D eigenvalue weighted by molar-refractivity contribution is 7.09. The number of nitrogens with zero attached hydrogens (tertiary/aromatic N) is 2. The molecule has 1 fully saturated rings. The van der Waals surface area contributed by atoms with Crippen molar-refractivity contribution in [2.24, 2.45) is 5.73 Å². The quantitative estimate of drug-likeness (QED) is 0.868. The van der Waals surface area contributed by atoms with Crippen molar-refractivity contribution >= 4 is 17.2 Å². The Labute approximate surface area is 140 Å². The molecular weight excluding hydrogens is 308 g/mol. The molecule has 1 saturated heterocycles. The van der Waals surface area contributed by atoms with Gasteiger partial charge in [0.1, 0.15) is 5.01 Å². The van der Waals surface area contributed by atoms with Crippen molar-refractivity contribution in [3.8, 4) is 0 Å². The molecule has 2 aromatic rings. The van der Waals surface area contributed by atoms with Crippen molar-refractivity contribution in [2.75, 3.05) is 20.1 Å². The molecule has 0 spiro atoms. The lowest BCUT2D eigenvalue weighted by atomic mass is 9.95. The molecule has 0 bridgehead atoms. The second-order valence-corrected chi connectivity index (χ2v) is 6.90. The third kappa shape index (κ3) is 3.96. The van der Waals surface area contributed by atoms with Crippen molar-refractivity contribution in [1.82, 2.24) is 15.2 Å². The molecular formula is C17H22N4OS. The van der Waals surface area contributed by atoms with E-state index in [-0.39, 0.29) is 11.9 Å². The van der Waals surface area contributed by atoms with Gasteiger partial charge in [-0.05, 0) is 5.56 Å². The van der Waals surface area contributed by atoms with Crippen LogP contribution in [0.2, 0.25) is 0 Å². The van der Waals surface area contributed by atoms with E-state index in [1.54, 1.807) is 18.4 Å². The lowest BCUT2D eigenvalue weighted by Gasteiger charge is -2.15. The van der Waals surface area contributed by atoms with Crippen molar-refractivity contribution in [2.45, 2.75) is 24.9 Å². The van der Waals surface area contributed by atoms with Crippen LogP contribution in [0.3, 0.4) is 0 Å². The van der Waals surface area contributed by atoms with E-state index in [2.05, 4.69) is 39.5 Å². The number of rotatable bonds is 5. The number of hydrogen-bond acceptors (Lipinski definition) is 5. The third-order valence-electron chi connectivity index (χ3n) is 4.24. The number of nitrogens with two attached hydrogens (primary N) is 1. The van der Waals surface area contributed by atoms with Crippen LogP contribution < -0.4 is 11.1 Å². The Morgan fingerprint density at radius 2 is 2.17 bits per heavy atom. The van der Waals surface area contributed by atoms with E-state index in [4.69, 9.17) is 5.73 Å². The number of amides is 1. The number of carbonyl (C=O) groups is 1. The van der Waals surface area contributed by atoms with Crippen molar-refractivity contribution < 1.29 is 4.79 Å². The molecule has 1 amide bonds. The fraction of sp³-hybridized carbons (Fsp3) is 0.412. The van der Waals surface area contributed by atoms with Crippen LogP contribution in [-0.2, 0) is 17.8 Å². The summed E-state index contributed by atoms with van der Waals surface area (Å²) in [5.41, 5.74) is 8.66. The van der Waals surface area contributed by atoms with Gasteiger partial charge in [0.2, 0.25) is 5.91 Å². The Bertz CT molecular complexity index is 658. The van der Waals surface area contributed by atoms with E-state index in [1.165, 1.54) is 5.56 Å². The van der Waals surface area contributed by atoms with Crippen LogP contribution in [0.25, 0.3) is 0 Å². The van der Waals surface area contributed by atoms with Crippen molar-refractivity contribution in [3.05, 3.63) is 52.0 Å². The molecule has 122 valence electrons. The standard InChI is InChI=1S/C17H22N4OS/c1-19-16(22)7-17-20-13(11-23-17)8-21-9-14(15(18)10-21)12-5-3-2-4-6-12/h2-6,11,14-15H,7-10,18H2,1H3,(H,19,22)/t14-,15+/m0/s1. The fourth-order valence-corrected chi connectivity index (χ4v) is 3.84. The van der Waals surface area contributed by atoms with Gasteiger partial charge in [-0.15, -0.1) is 11.3 Å². The molecule has 0 saturated carbocycles. The average Bonchev–Trinajstić information content (AvgIpc) is 3.15. The third-order valence-corrected chi connectivity index (χ3v) is 5.14. The maximum absolute atomic E-state index is 11.4. The van der Waals surface area contributed by atoms with Crippen LogP contribution in [0.4, 0.5) is 0 Å². The highest BCUT2D eigenvalue weighted by Gasteiger charge is 2.31. The van der Waals surface area contributed by atoms with Gasteiger partial charge in [0, 0.05) is 44.0 Å². The molecule has 0 unspecified atom stereocenters. The van der Waals surface area contributed by atoms with E-state index in [9.17, 15) is 4.79 Å². The van der Waals surface area contributed by atoms with Gasteiger partial charge >= 0.3 is 0 Å². The average molecular weight is 330 g/mol. The van der Waals surface area contributed by atoms with E-state index in [0.717, 1.165) is 30.3 Å². The molecule has 0 aliphatic carbocycles. The predicted octanol–water partition coefficient (Wildman–Crippen LogP) is 1.36. The van der Waals surface area contributed by atoms with Crippen LogP contribution in [0.15, 0.2) is 35.7 Å². The number of benzene rings is 1. The summed E-state index contributed by atoms with van der Waals surface area (Å²) in [4.78, 5) is 18.3. The summed E-state index contributed by atoms with van der Waals surface area (Å²) in [6.45, 7) is 2.62. The van der Waals surface area contributed by atoms with Crippen LogP contribution in [0, 0.1) is 0 Å². The zero-order valence-corrected chi connectivity index (χ0v) is 14.1. The first-order valence-corrected chi connectivity index (χ1v) is 8.70. The van der Waals surface area contributed by atoms with Gasteiger partial charge in [0.05, 0.1) is 12.1 Å². The van der Waals surface area contributed by atoms with Gasteiger partial charge in [-0.3, -0.25) is 9.69 Å². The highest BCUT2D eigenvalue weighted by Crippen LogP contribution is 2.27. The Kier molecular flexibility index (Phi) is 5.05. The smallest absolute Gasteiger partial charge is 0.226 e. The summed E-state index contributed by atoms with van der Waals surface area (Å²) < 4.78 is 0. The number of aromatic nitrogens is 1. The zero-order chi connectivity index (χ0) is 16.2. The number of likely N-dealkylation sites (tertiary alicyclic amines) is 1. The minimum absolute atomic E-state index is 0.00163. The Hall–Kier alpha value is -1.76. The molecule has 1 aromatic carbocycles. The number of nitrogens with one attached hydrogen (secondary N) is 1. The lowest BCUT2D eigenvalue weighted by Crippen LogP contribution is -2.28. The zero-order valence-electron chi connectivity index (χ0n) is 13.2. The van der Waals surface area contributed by atoms with E-state index < -0.39 is 0 Å². The molecule has 0 radical (unpaired) electrons. The minimum Gasteiger partial charge on any atom is -0.359 e. The second kappa shape index (κ2) is 7.21. The normalized spacial score (nSPS) is 21.5. The Balaban J connectivity index is 1.60. The summed E-state index contributed by atoms with van der Waals surface area (Å²) in [7, 11) is 1.65. The maximum atomic E-state index is 11.4. The van der Waals surface area contributed by atoms with Crippen LogP contribution >= 0.6 is 11.3 Å². The first-order valence-electron chi connectivity index (χ1n) is 7.82. The van der Waals surface area contributed by atoms with Gasteiger partial charge in [-0.1, -0.05) is 30.3 Å². The molecule has 2 atom stereocenters. The Morgan fingerprint density at radius 3 is 2.91 bits per heavy atom. The second-order valence-electron chi connectivity index (χ2n) is 5.96. The van der Waals surface area contributed by atoms with Gasteiger partial charge < -0.3 is 11.1 Å². The number of thiazole rings is 1. The number of carbonyl (C=O) groups excluding carboxylic acids is 1. The topological polar surface area (TPSA) is 71.2 Å². The summed E-state index contributed by atoms with van der Waals surface area (Å²) in [6, 6.07) is 10.6. The molecule has 6 heteroatoms. The van der Waals surface area contributed by atoms with Gasteiger partial charge in [0.15, 0.2) is 0 Å². The summed E-state index contributed by atoms with van der Waals surface area (Å²) in [5, 5.41) is 5.53. The van der Waals surface area contributed by atoms with E-state index >= 15 is 0 Å². The molecule has 2 heterocycles. The molecule has 23 heavy (non-hydrogen) atoms. The van der Waals surface area contributed by atoms with Crippen LogP contribution in [0.1, 0.15) is 22.2 Å². The molecule has 5 nitrogen and oxygen atoms in total. The molecule has 1 aromatic heterocycles. The maximum Gasteiger partial charge on any atom is 0.226 e. The van der Waals surface area contributed by atoms with Gasteiger partial charge in [0.25, 0.3) is 0 Å². The van der Waals surface area contributed by atoms with Gasteiger partial charge in [-0.2, -0.15) is 0 Å². The van der Waals surface area contributed by atoms with Crippen LogP contribution in [0.5, 0.6) is 0 Å². The number of hydrogen-bond donors (Lipinski definition) is 2. The molecule has 3 N–H and O–H groups in total. The van der Waals surface area contributed by atoms with Crippen molar-refractivity contribution in [3.63, 3.8) is 0 Å².